The maximum absolute atomic E-state index is 12.5. The van der Waals surface area contributed by atoms with E-state index in [1.165, 1.54) is 0 Å². The van der Waals surface area contributed by atoms with Crippen LogP contribution in [0.5, 0.6) is 11.5 Å². The Labute approximate surface area is 167 Å². The highest BCUT2D eigenvalue weighted by Gasteiger charge is 2.16. The zero-order valence-corrected chi connectivity index (χ0v) is 15.6. The number of ether oxygens (including phenoxy) is 1. The van der Waals surface area contributed by atoms with Crippen LogP contribution >= 0.6 is 11.6 Å². The largest absolute Gasteiger partial charge is 0.456 e. The lowest BCUT2D eigenvalue weighted by Crippen LogP contribution is -2.20. The highest BCUT2D eigenvalue weighted by molar-refractivity contribution is 6.32. The summed E-state index contributed by atoms with van der Waals surface area (Å²) in [5.41, 5.74) is 2.94. The van der Waals surface area contributed by atoms with Crippen LogP contribution in [-0.4, -0.2) is 11.8 Å². The summed E-state index contributed by atoms with van der Waals surface area (Å²) in [6.07, 6.45) is 1.07. The van der Waals surface area contributed by atoms with Gasteiger partial charge < -0.3 is 15.4 Å². The first-order chi connectivity index (χ1) is 13.6. The molecule has 2 N–H and O–H groups in total. The van der Waals surface area contributed by atoms with E-state index < -0.39 is 0 Å². The summed E-state index contributed by atoms with van der Waals surface area (Å²) in [4.78, 5) is 24.0. The van der Waals surface area contributed by atoms with Crippen LogP contribution in [0.3, 0.4) is 0 Å². The van der Waals surface area contributed by atoms with Gasteiger partial charge in [0.1, 0.15) is 11.5 Å². The average molecular weight is 393 g/mol. The minimum absolute atomic E-state index is 0.00352. The van der Waals surface area contributed by atoms with Crippen molar-refractivity contribution in [1.29, 1.82) is 0 Å². The van der Waals surface area contributed by atoms with Gasteiger partial charge in [0.2, 0.25) is 5.91 Å². The number of benzene rings is 3. The molecule has 4 rings (SSSR count). The van der Waals surface area contributed by atoms with Crippen LogP contribution in [0, 0.1) is 0 Å². The summed E-state index contributed by atoms with van der Waals surface area (Å²) in [5.74, 6) is 0.987. The number of rotatable bonds is 4. The molecule has 0 atom stereocenters. The van der Waals surface area contributed by atoms with E-state index in [4.69, 9.17) is 16.3 Å². The van der Waals surface area contributed by atoms with Crippen LogP contribution in [-0.2, 0) is 11.2 Å². The Hall–Kier alpha value is -3.31. The van der Waals surface area contributed by atoms with Crippen molar-refractivity contribution in [2.45, 2.75) is 12.8 Å². The molecule has 0 aromatic heterocycles. The Balaban J connectivity index is 1.44. The number of hydrogen-bond acceptors (Lipinski definition) is 3. The quantitative estimate of drug-likeness (QED) is 0.635. The van der Waals surface area contributed by atoms with E-state index in [2.05, 4.69) is 10.6 Å². The number of carbonyl (C=O) groups is 2. The van der Waals surface area contributed by atoms with Crippen LogP contribution in [0.2, 0.25) is 5.02 Å². The van der Waals surface area contributed by atoms with E-state index in [0.29, 0.717) is 40.6 Å². The van der Waals surface area contributed by atoms with Gasteiger partial charge in [0.25, 0.3) is 5.91 Å². The average Bonchev–Trinajstić information content (AvgIpc) is 2.70. The third kappa shape index (κ3) is 4.00. The molecule has 1 heterocycles. The Bertz CT molecular complexity index is 1050. The predicted molar refractivity (Wildman–Crippen MR) is 109 cm³/mol. The van der Waals surface area contributed by atoms with Gasteiger partial charge in [0, 0.05) is 23.4 Å². The fraction of sp³-hybridized carbons (Fsp3) is 0.0909. The third-order valence-corrected chi connectivity index (χ3v) is 4.75. The standard InChI is InChI=1S/C22H17ClN2O3/c23-18-3-1-2-4-20(18)28-17-9-7-16(8-10-17)24-22(27)15-5-11-19-14(13-15)6-12-21(26)25-19/h1-5,7-11,13H,6,12H2,(H,24,27)(H,25,26). The lowest BCUT2D eigenvalue weighted by molar-refractivity contribution is -0.116. The number of aryl methyl sites for hydroxylation is 1. The van der Waals surface area contributed by atoms with Crippen molar-refractivity contribution in [2.24, 2.45) is 0 Å². The molecule has 3 aromatic carbocycles. The highest BCUT2D eigenvalue weighted by Crippen LogP contribution is 2.29. The zero-order valence-electron chi connectivity index (χ0n) is 14.9. The van der Waals surface area contributed by atoms with Gasteiger partial charge in [0.15, 0.2) is 0 Å². The van der Waals surface area contributed by atoms with Crippen molar-refractivity contribution in [3.63, 3.8) is 0 Å². The van der Waals surface area contributed by atoms with Crippen LogP contribution < -0.4 is 15.4 Å². The molecule has 5 nitrogen and oxygen atoms in total. The van der Waals surface area contributed by atoms with Crippen LogP contribution in [0.1, 0.15) is 22.3 Å². The zero-order chi connectivity index (χ0) is 19.5. The summed E-state index contributed by atoms with van der Waals surface area (Å²) in [7, 11) is 0. The van der Waals surface area contributed by atoms with Crippen LogP contribution in [0.25, 0.3) is 0 Å². The van der Waals surface area contributed by atoms with Gasteiger partial charge >= 0.3 is 0 Å². The monoisotopic (exact) mass is 392 g/mol. The summed E-state index contributed by atoms with van der Waals surface area (Å²) in [6, 6.07) is 19.6. The lowest BCUT2D eigenvalue weighted by Gasteiger charge is -2.17. The van der Waals surface area contributed by atoms with Gasteiger partial charge in [-0.2, -0.15) is 0 Å². The number of para-hydroxylation sites is 1. The number of amides is 2. The number of anilines is 2. The number of halogens is 1. The second kappa shape index (κ2) is 7.74. The Morgan fingerprint density at radius 3 is 2.57 bits per heavy atom. The summed E-state index contributed by atoms with van der Waals surface area (Å²) < 4.78 is 5.75. The molecule has 0 saturated heterocycles. The van der Waals surface area contributed by atoms with Crippen molar-refractivity contribution in [1.82, 2.24) is 0 Å². The number of carbonyl (C=O) groups excluding carboxylic acids is 2. The Morgan fingerprint density at radius 1 is 1.00 bits per heavy atom. The minimum atomic E-state index is -0.209. The first-order valence-corrected chi connectivity index (χ1v) is 9.23. The van der Waals surface area contributed by atoms with E-state index in [1.807, 2.05) is 18.2 Å². The van der Waals surface area contributed by atoms with Gasteiger partial charge in [-0.15, -0.1) is 0 Å². The maximum Gasteiger partial charge on any atom is 0.255 e. The fourth-order valence-electron chi connectivity index (χ4n) is 2.99. The normalized spacial score (nSPS) is 12.7. The van der Waals surface area contributed by atoms with Crippen molar-refractivity contribution in [3.8, 4) is 11.5 Å². The number of nitrogens with one attached hydrogen (secondary N) is 2. The maximum atomic E-state index is 12.5. The van der Waals surface area contributed by atoms with E-state index in [0.717, 1.165) is 11.3 Å². The molecule has 1 aliphatic heterocycles. The second-order valence-electron chi connectivity index (χ2n) is 6.43. The summed E-state index contributed by atoms with van der Waals surface area (Å²) in [6.45, 7) is 0. The van der Waals surface area contributed by atoms with Gasteiger partial charge in [-0.25, -0.2) is 0 Å². The van der Waals surface area contributed by atoms with E-state index in [9.17, 15) is 9.59 Å². The van der Waals surface area contributed by atoms with E-state index in [-0.39, 0.29) is 11.8 Å². The molecule has 28 heavy (non-hydrogen) atoms. The smallest absolute Gasteiger partial charge is 0.255 e. The van der Waals surface area contributed by atoms with Crippen molar-refractivity contribution < 1.29 is 14.3 Å². The fourth-order valence-corrected chi connectivity index (χ4v) is 3.16. The van der Waals surface area contributed by atoms with Gasteiger partial charge in [-0.05, 0) is 66.6 Å². The molecule has 0 spiro atoms. The first kappa shape index (κ1) is 18.1. The highest BCUT2D eigenvalue weighted by atomic mass is 35.5. The van der Waals surface area contributed by atoms with Gasteiger partial charge in [0.05, 0.1) is 5.02 Å². The molecule has 0 bridgehead atoms. The molecule has 0 fully saturated rings. The molecule has 1 aliphatic rings. The Morgan fingerprint density at radius 2 is 1.79 bits per heavy atom. The lowest BCUT2D eigenvalue weighted by atomic mass is 10.00. The molecule has 0 saturated carbocycles. The molecule has 0 unspecified atom stereocenters. The molecule has 2 amide bonds. The third-order valence-electron chi connectivity index (χ3n) is 4.44. The number of hydrogen-bond donors (Lipinski definition) is 2. The van der Waals surface area contributed by atoms with Crippen molar-refractivity contribution in [3.05, 3.63) is 82.9 Å². The SMILES string of the molecule is O=C1CCc2cc(C(=O)Nc3ccc(Oc4ccccc4Cl)cc3)ccc2N1. The van der Waals surface area contributed by atoms with Crippen LogP contribution in [0.4, 0.5) is 11.4 Å². The molecule has 3 aromatic rings. The van der Waals surface area contributed by atoms with Crippen LogP contribution in [0.15, 0.2) is 66.7 Å². The van der Waals surface area contributed by atoms with E-state index in [1.54, 1.807) is 48.5 Å². The van der Waals surface area contributed by atoms with E-state index >= 15 is 0 Å². The van der Waals surface area contributed by atoms with Crippen molar-refractivity contribution >= 4 is 34.8 Å². The minimum Gasteiger partial charge on any atom is -0.456 e. The second-order valence-corrected chi connectivity index (χ2v) is 6.84. The first-order valence-electron chi connectivity index (χ1n) is 8.85. The van der Waals surface area contributed by atoms with Gasteiger partial charge in [-0.1, -0.05) is 23.7 Å². The summed E-state index contributed by atoms with van der Waals surface area (Å²) >= 11 is 6.10. The number of fused-ring (bicyclic) bond motifs is 1. The molecule has 0 radical (unpaired) electrons. The van der Waals surface area contributed by atoms with Crippen molar-refractivity contribution in [2.75, 3.05) is 10.6 Å². The molecule has 6 heteroatoms. The molecular weight excluding hydrogens is 376 g/mol. The molecule has 0 aliphatic carbocycles. The van der Waals surface area contributed by atoms with Gasteiger partial charge in [-0.3, -0.25) is 9.59 Å². The predicted octanol–water partition coefficient (Wildman–Crippen LogP) is 5.27. The summed E-state index contributed by atoms with van der Waals surface area (Å²) in [5, 5.41) is 6.21. The molecule has 140 valence electrons. The molecular formula is C22H17ClN2O3. The topological polar surface area (TPSA) is 67.4 Å². The Kier molecular flexibility index (Phi) is 5.00.